The fraction of sp³-hybridized carbons (Fsp3) is 0.500. The van der Waals surface area contributed by atoms with Crippen LogP contribution < -0.4 is 0 Å². The summed E-state index contributed by atoms with van der Waals surface area (Å²) in [6, 6.07) is 7.11. The fourth-order valence-corrected chi connectivity index (χ4v) is 2.34. The summed E-state index contributed by atoms with van der Waals surface area (Å²) in [4.78, 5) is 0.809. The van der Waals surface area contributed by atoms with Crippen molar-refractivity contribution in [2.75, 3.05) is 6.26 Å². The third-order valence-electron chi connectivity index (χ3n) is 2.51. The maximum absolute atomic E-state index is 11.3. The summed E-state index contributed by atoms with van der Waals surface area (Å²) in [7, 11) is -3.08. The lowest BCUT2D eigenvalue weighted by atomic mass is 10.0. The maximum Gasteiger partial charge on any atom is 0.175 e. The maximum atomic E-state index is 11.3. The molecule has 0 heterocycles. The van der Waals surface area contributed by atoms with Crippen LogP contribution in [-0.2, 0) is 16.3 Å². The van der Waals surface area contributed by atoms with Crippen LogP contribution in [0.2, 0.25) is 0 Å². The van der Waals surface area contributed by atoms with Crippen LogP contribution in [0.15, 0.2) is 29.2 Å². The summed E-state index contributed by atoms with van der Waals surface area (Å²) in [5.74, 6) is 0.564. The first-order valence-electron chi connectivity index (χ1n) is 5.24. The fourth-order valence-electron chi connectivity index (χ4n) is 1.33. The van der Waals surface area contributed by atoms with Crippen LogP contribution >= 0.6 is 15.9 Å². The molecule has 4 heteroatoms. The van der Waals surface area contributed by atoms with Gasteiger partial charge in [0.2, 0.25) is 0 Å². The highest BCUT2D eigenvalue weighted by Crippen LogP contribution is 2.19. The van der Waals surface area contributed by atoms with Crippen molar-refractivity contribution in [3.8, 4) is 0 Å². The molecular formula is C12H17BrO2S. The van der Waals surface area contributed by atoms with E-state index in [2.05, 4.69) is 29.8 Å². The van der Waals surface area contributed by atoms with E-state index in [1.54, 1.807) is 12.1 Å². The molecule has 0 fully saturated rings. The summed E-state index contributed by atoms with van der Waals surface area (Å²) in [5.41, 5.74) is 1.16. The lowest BCUT2D eigenvalue weighted by molar-refractivity contribution is 0.601. The third-order valence-corrected chi connectivity index (χ3v) is 5.02. The zero-order valence-electron chi connectivity index (χ0n) is 9.77. The molecule has 0 aliphatic carbocycles. The number of rotatable bonds is 4. The van der Waals surface area contributed by atoms with E-state index in [1.165, 1.54) is 6.26 Å². The summed E-state index contributed by atoms with van der Waals surface area (Å²) >= 11 is 3.62. The Morgan fingerprint density at radius 1 is 1.19 bits per heavy atom. The Morgan fingerprint density at radius 3 is 2.06 bits per heavy atom. The van der Waals surface area contributed by atoms with Gasteiger partial charge in [0.15, 0.2) is 9.84 Å². The van der Waals surface area contributed by atoms with Crippen molar-refractivity contribution < 1.29 is 8.42 Å². The SMILES string of the molecule is CC(C)C(Br)Cc1ccc(S(C)(=O)=O)cc1. The second-order valence-electron chi connectivity index (χ2n) is 4.38. The molecule has 0 aliphatic heterocycles. The van der Waals surface area contributed by atoms with E-state index in [9.17, 15) is 8.42 Å². The van der Waals surface area contributed by atoms with Gasteiger partial charge in [0.05, 0.1) is 4.90 Å². The van der Waals surface area contributed by atoms with Crippen molar-refractivity contribution >= 4 is 25.8 Å². The number of hydrogen-bond acceptors (Lipinski definition) is 2. The molecule has 0 N–H and O–H groups in total. The van der Waals surface area contributed by atoms with Gasteiger partial charge in [0.25, 0.3) is 0 Å². The number of benzene rings is 1. The monoisotopic (exact) mass is 304 g/mol. The average molecular weight is 305 g/mol. The molecule has 1 aromatic carbocycles. The minimum absolute atomic E-state index is 0.381. The second kappa shape index (κ2) is 5.32. The Hall–Kier alpha value is -0.350. The quantitative estimate of drug-likeness (QED) is 0.801. The predicted molar refractivity (Wildman–Crippen MR) is 70.8 cm³/mol. The van der Waals surface area contributed by atoms with Crippen molar-refractivity contribution in [3.63, 3.8) is 0 Å². The van der Waals surface area contributed by atoms with Gasteiger partial charge >= 0.3 is 0 Å². The van der Waals surface area contributed by atoms with Crippen LogP contribution in [0.5, 0.6) is 0 Å². The zero-order chi connectivity index (χ0) is 12.3. The van der Waals surface area contributed by atoms with Crippen LogP contribution in [0, 0.1) is 5.92 Å². The first-order chi connectivity index (χ1) is 7.30. The van der Waals surface area contributed by atoms with Crippen LogP contribution in [0.1, 0.15) is 19.4 Å². The van der Waals surface area contributed by atoms with Gasteiger partial charge in [0.1, 0.15) is 0 Å². The van der Waals surface area contributed by atoms with Crippen molar-refractivity contribution in [1.82, 2.24) is 0 Å². The van der Waals surface area contributed by atoms with Gasteiger partial charge in [-0.25, -0.2) is 8.42 Å². The highest BCUT2D eigenvalue weighted by molar-refractivity contribution is 9.09. The minimum Gasteiger partial charge on any atom is -0.224 e. The van der Waals surface area contributed by atoms with Crippen LogP contribution in [0.4, 0.5) is 0 Å². The molecule has 0 radical (unpaired) electrons. The standard InChI is InChI=1S/C12H17BrO2S/c1-9(2)12(13)8-10-4-6-11(7-5-10)16(3,14)15/h4-7,9,12H,8H2,1-3H3. The van der Waals surface area contributed by atoms with E-state index in [0.717, 1.165) is 12.0 Å². The van der Waals surface area contributed by atoms with Gasteiger partial charge in [-0.2, -0.15) is 0 Å². The zero-order valence-corrected chi connectivity index (χ0v) is 12.2. The van der Waals surface area contributed by atoms with Crippen molar-refractivity contribution in [2.24, 2.45) is 5.92 Å². The Morgan fingerprint density at radius 2 is 1.69 bits per heavy atom. The molecule has 1 unspecified atom stereocenters. The summed E-state index contributed by atoms with van der Waals surface area (Å²) in [6.07, 6.45) is 2.14. The van der Waals surface area contributed by atoms with Crippen molar-refractivity contribution in [3.05, 3.63) is 29.8 Å². The lowest BCUT2D eigenvalue weighted by Crippen LogP contribution is -2.10. The van der Waals surface area contributed by atoms with Gasteiger partial charge in [-0.15, -0.1) is 0 Å². The van der Waals surface area contributed by atoms with E-state index in [-0.39, 0.29) is 0 Å². The largest absolute Gasteiger partial charge is 0.224 e. The summed E-state index contributed by atoms with van der Waals surface area (Å²) in [6.45, 7) is 4.31. The van der Waals surface area contributed by atoms with Crippen LogP contribution in [-0.4, -0.2) is 19.5 Å². The average Bonchev–Trinajstić information content (AvgIpc) is 2.17. The van der Waals surface area contributed by atoms with Gasteiger partial charge in [-0.05, 0) is 30.0 Å². The van der Waals surface area contributed by atoms with E-state index < -0.39 is 9.84 Å². The molecular weight excluding hydrogens is 288 g/mol. The molecule has 0 aromatic heterocycles. The summed E-state index contributed by atoms with van der Waals surface area (Å²) in [5, 5.41) is 0. The van der Waals surface area contributed by atoms with Crippen LogP contribution in [0.25, 0.3) is 0 Å². The Labute approximate surface area is 106 Å². The van der Waals surface area contributed by atoms with E-state index in [1.807, 2.05) is 12.1 Å². The first-order valence-corrected chi connectivity index (χ1v) is 8.04. The third kappa shape index (κ3) is 3.91. The molecule has 1 aromatic rings. The van der Waals surface area contributed by atoms with Crippen molar-refractivity contribution in [1.29, 1.82) is 0 Å². The second-order valence-corrected chi connectivity index (χ2v) is 7.57. The summed E-state index contributed by atoms with van der Waals surface area (Å²) < 4.78 is 22.5. The van der Waals surface area contributed by atoms with E-state index >= 15 is 0 Å². The molecule has 1 rings (SSSR count). The predicted octanol–water partition coefficient (Wildman–Crippen LogP) is 3.05. The Kier molecular flexibility index (Phi) is 4.56. The van der Waals surface area contributed by atoms with E-state index in [4.69, 9.17) is 0 Å². The van der Waals surface area contributed by atoms with Crippen LogP contribution in [0.3, 0.4) is 0 Å². The minimum atomic E-state index is -3.08. The highest BCUT2D eigenvalue weighted by atomic mass is 79.9. The normalized spacial score (nSPS) is 14.1. The smallest absolute Gasteiger partial charge is 0.175 e. The number of halogens is 1. The number of sulfone groups is 1. The topological polar surface area (TPSA) is 34.1 Å². The number of alkyl halides is 1. The molecule has 16 heavy (non-hydrogen) atoms. The highest BCUT2D eigenvalue weighted by Gasteiger charge is 2.11. The van der Waals surface area contributed by atoms with Gasteiger partial charge in [-0.3, -0.25) is 0 Å². The molecule has 0 bridgehead atoms. The molecule has 2 nitrogen and oxygen atoms in total. The van der Waals surface area contributed by atoms with Gasteiger partial charge in [0, 0.05) is 11.1 Å². The van der Waals surface area contributed by atoms with Crippen molar-refractivity contribution in [2.45, 2.75) is 30.0 Å². The number of hydrogen-bond donors (Lipinski definition) is 0. The van der Waals surface area contributed by atoms with Gasteiger partial charge in [-0.1, -0.05) is 41.9 Å². The Balaban J connectivity index is 2.80. The van der Waals surface area contributed by atoms with Gasteiger partial charge < -0.3 is 0 Å². The molecule has 90 valence electrons. The molecule has 0 aliphatic rings. The molecule has 1 atom stereocenters. The Bertz CT molecular complexity index is 435. The molecule has 0 saturated carbocycles. The lowest BCUT2D eigenvalue weighted by Gasteiger charge is -2.13. The molecule has 0 spiro atoms. The molecule has 0 saturated heterocycles. The van der Waals surface area contributed by atoms with E-state index in [0.29, 0.717) is 15.6 Å². The molecule has 0 amide bonds. The first kappa shape index (κ1) is 13.7.